The van der Waals surface area contributed by atoms with Gasteiger partial charge in [0.05, 0.1) is 39.7 Å². The van der Waals surface area contributed by atoms with Gasteiger partial charge in [0.2, 0.25) is 5.95 Å². The van der Waals surface area contributed by atoms with Crippen LogP contribution >= 0.6 is 0 Å². The lowest BCUT2D eigenvalue weighted by molar-refractivity contribution is -0.126. The molecule has 3 aliphatic heterocycles. The molecule has 7 nitrogen and oxygen atoms in total. The summed E-state index contributed by atoms with van der Waals surface area (Å²) in [6, 6.07) is 4.79. The van der Waals surface area contributed by atoms with Crippen LogP contribution in [0.1, 0.15) is 92.9 Å². The summed E-state index contributed by atoms with van der Waals surface area (Å²) >= 11 is 0. The summed E-state index contributed by atoms with van der Waals surface area (Å²) in [5.74, 6) is -0.739. The Hall–Kier alpha value is -1.92. The predicted octanol–water partition coefficient (Wildman–Crippen LogP) is 6.84. The van der Waals surface area contributed by atoms with E-state index in [4.69, 9.17) is 23.4 Å². The van der Waals surface area contributed by atoms with E-state index in [2.05, 4.69) is 5.10 Å². The van der Waals surface area contributed by atoms with Crippen LogP contribution in [0.25, 0.3) is 16.4 Å². The largest absolute Gasteiger partial charge is 0.494 e. The van der Waals surface area contributed by atoms with Crippen molar-refractivity contribution in [2.75, 3.05) is 6.61 Å². The van der Waals surface area contributed by atoms with E-state index in [9.17, 15) is 13.2 Å². The molecule has 2 aromatic rings. The summed E-state index contributed by atoms with van der Waals surface area (Å²) in [5.41, 5.74) is -2.78. The topological polar surface area (TPSA) is 64.0 Å². The van der Waals surface area contributed by atoms with E-state index in [1.54, 1.807) is 39.8 Å². The van der Waals surface area contributed by atoms with Gasteiger partial charge in [-0.25, -0.2) is 4.68 Å². The van der Waals surface area contributed by atoms with Gasteiger partial charge in [0.25, 0.3) is 0 Å². The zero-order valence-corrected chi connectivity index (χ0v) is 24.9. The number of halogens is 4. The van der Waals surface area contributed by atoms with Crippen LogP contribution in [-0.4, -0.2) is 59.2 Å². The number of ether oxygens (including phenoxy) is 1. The van der Waals surface area contributed by atoms with E-state index in [0.717, 1.165) is 12.8 Å². The van der Waals surface area contributed by atoms with Crippen LogP contribution in [0.4, 0.5) is 17.6 Å². The number of hydrogen-bond acceptors (Lipinski definition) is 6. The smallest absolute Gasteiger partial charge is 0.400 e. The molecule has 0 spiro atoms. The molecule has 5 rings (SSSR count). The maximum Gasteiger partial charge on any atom is 0.494 e. The van der Waals surface area contributed by atoms with Crippen molar-refractivity contribution in [2.45, 2.75) is 116 Å². The molecule has 4 heterocycles. The molecule has 13 heteroatoms. The molecule has 0 bridgehead atoms. The number of aromatic nitrogens is 2. The maximum absolute atomic E-state index is 15.3. The van der Waals surface area contributed by atoms with Gasteiger partial charge in [-0.05, 0) is 103 Å². The molecule has 1 atom stereocenters. The summed E-state index contributed by atoms with van der Waals surface area (Å²) in [7, 11) is -2.54. The number of rotatable bonds is 5. The Balaban J connectivity index is 1.70. The number of benzene rings is 1. The highest BCUT2D eigenvalue weighted by molar-refractivity contribution is 6.74. The van der Waals surface area contributed by atoms with E-state index in [1.807, 2.05) is 27.7 Å². The predicted molar refractivity (Wildman–Crippen MR) is 148 cm³/mol. The summed E-state index contributed by atoms with van der Waals surface area (Å²) in [4.78, 5) is 0. The van der Waals surface area contributed by atoms with Crippen molar-refractivity contribution in [1.82, 2.24) is 9.78 Å². The second kappa shape index (κ2) is 10.1. The molecule has 1 aromatic heterocycles. The number of nitrogens with zero attached hydrogens (tertiary/aromatic N) is 2. The first-order valence-electron chi connectivity index (χ1n) is 14.1. The van der Waals surface area contributed by atoms with Gasteiger partial charge in [0.1, 0.15) is 0 Å². The molecule has 3 fully saturated rings. The summed E-state index contributed by atoms with van der Waals surface area (Å²) in [5, 5.41) is 4.25. The van der Waals surface area contributed by atoms with E-state index in [-0.39, 0.29) is 16.3 Å². The van der Waals surface area contributed by atoms with Crippen molar-refractivity contribution in [2.24, 2.45) is 0 Å². The Bertz CT molecular complexity index is 1320. The highest BCUT2D eigenvalue weighted by Crippen LogP contribution is 2.47. The van der Waals surface area contributed by atoms with Crippen LogP contribution in [0.15, 0.2) is 23.7 Å². The molecular formula is C28H38B2F4N2O5. The normalized spacial score (nSPS) is 26.1. The third kappa shape index (κ3) is 5.60. The maximum atomic E-state index is 15.3. The fraction of sp³-hybridized carbons (Fsp3) is 0.679. The lowest BCUT2D eigenvalue weighted by Gasteiger charge is -2.32. The molecule has 0 saturated carbocycles. The summed E-state index contributed by atoms with van der Waals surface area (Å²) < 4.78 is 90.2. The Morgan fingerprint density at radius 3 is 1.98 bits per heavy atom. The first kappa shape index (κ1) is 30.5. The van der Waals surface area contributed by atoms with Crippen molar-refractivity contribution in [3.05, 3.63) is 35.2 Å². The number of allylic oxidation sites excluding steroid dienone is 1. The van der Waals surface area contributed by atoms with Crippen LogP contribution < -0.4 is 0 Å². The van der Waals surface area contributed by atoms with E-state index in [0.29, 0.717) is 24.1 Å². The van der Waals surface area contributed by atoms with Crippen molar-refractivity contribution in [1.29, 1.82) is 0 Å². The van der Waals surface area contributed by atoms with Crippen molar-refractivity contribution >= 4 is 30.6 Å². The van der Waals surface area contributed by atoms with Gasteiger partial charge in [0, 0.05) is 6.61 Å². The van der Waals surface area contributed by atoms with Gasteiger partial charge in [-0.2, -0.15) is 17.6 Å². The lowest BCUT2D eigenvalue weighted by atomic mass is 9.61. The minimum atomic E-state index is -4.60. The highest BCUT2D eigenvalue weighted by Gasteiger charge is 2.58. The van der Waals surface area contributed by atoms with Crippen LogP contribution in [-0.2, 0) is 23.4 Å². The highest BCUT2D eigenvalue weighted by atomic mass is 19.4. The molecule has 0 N–H and O–H groups in total. The zero-order chi connectivity index (χ0) is 30.2. The molecule has 3 aliphatic rings. The molecule has 1 aromatic carbocycles. The van der Waals surface area contributed by atoms with Gasteiger partial charge in [-0.1, -0.05) is 6.07 Å². The number of hydrogen-bond donors (Lipinski definition) is 0. The zero-order valence-electron chi connectivity index (χ0n) is 24.9. The van der Waals surface area contributed by atoms with Gasteiger partial charge in [-0.3, -0.25) is 0 Å². The third-order valence-corrected chi connectivity index (χ3v) is 9.16. The first-order valence-corrected chi connectivity index (χ1v) is 14.1. The summed E-state index contributed by atoms with van der Waals surface area (Å²) in [6.07, 6.45) is -3.81. The molecule has 3 saturated heterocycles. The minimum absolute atomic E-state index is 0.0995. The SMILES string of the molecule is CC1(C)OB(/C(CC(F)(F)F)=C(\B2OC(C)(C)C(C)(C)O2)c2ccc3c(c2)c(F)nn3C2CCCCO2)OC1(C)C. The second-order valence-corrected chi connectivity index (χ2v) is 13.2. The van der Waals surface area contributed by atoms with E-state index >= 15 is 4.39 Å². The Morgan fingerprint density at radius 1 is 0.902 bits per heavy atom. The average molecular weight is 580 g/mol. The quantitative estimate of drug-likeness (QED) is 0.285. The van der Waals surface area contributed by atoms with Crippen LogP contribution in [0, 0.1) is 5.95 Å². The van der Waals surface area contributed by atoms with Gasteiger partial charge in [-0.15, -0.1) is 5.10 Å². The van der Waals surface area contributed by atoms with Crippen molar-refractivity contribution in [3.63, 3.8) is 0 Å². The number of fused-ring (bicyclic) bond motifs is 1. The van der Waals surface area contributed by atoms with Crippen LogP contribution in [0.5, 0.6) is 0 Å². The van der Waals surface area contributed by atoms with Crippen molar-refractivity contribution < 1.29 is 40.9 Å². The third-order valence-electron chi connectivity index (χ3n) is 9.16. The van der Waals surface area contributed by atoms with Gasteiger partial charge >= 0.3 is 20.4 Å². The molecule has 0 aliphatic carbocycles. The molecule has 0 radical (unpaired) electrons. The number of alkyl halides is 3. The monoisotopic (exact) mass is 580 g/mol. The Labute approximate surface area is 239 Å². The van der Waals surface area contributed by atoms with Crippen LogP contribution in [0.2, 0.25) is 0 Å². The Kier molecular flexibility index (Phi) is 7.51. The van der Waals surface area contributed by atoms with Crippen molar-refractivity contribution in [3.8, 4) is 0 Å². The molecule has 1 unspecified atom stereocenters. The van der Waals surface area contributed by atoms with E-state index in [1.165, 1.54) is 10.7 Å². The summed E-state index contributed by atoms with van der Waals surface area (Å²) in [6.45, 7) is 14.9. The lowest BCUT2D eigenvalue weighted by Crippen LogP contribution is -2.41. The Morgan fingerprint density at radius 2 is 1.46 bits per heavy atom. The fourth-order valence-corrected chi connectivity index (χ4v) is 5.35. The van der Waals surface area contributed by atoms with Gasteiger partial charge in [0.15, 0.2) is 6.23 Å². The molecule has 0 amide bonds. The van der Waals surface area contributed by atoms with Crippen LogP contribution in [0.3, 0.4) is 0 Å². The minimum Gasteiger partial charge on any atom is -0.400 e. The second-order valence-electron chi connectivity index (χ2n) is 13.2. The first-order chi connectivity index (χ1) is 18.8. The standard InChI is InChI=1S/C28H38B2F4N2O5/c1-24(2)25(3,4)39-29(38-24)19(16-28(32,33)34)22(30-40-26(5,6)27(7,8)41-30)17-12-13-20-18(15-17)23(31)35-36(20)21-11-9-10-14-37-21/h12-13,15,21H,9-11,14,16H2,1-8H3/b22-19-. The fourth-order valence-electron chi connectivity index (χ4n) is 5.35. The molecule has 224 valence electrons. The average Bonchev–Trinajstić information content (AvgIpc) is 3.37. The van der Waals surface area contributed by atoms with Gasteiger partial charge < -0.3 is 23.4 Å². The molecular weight excluding hydrogens is 542 g/mol. The molecule has 41 heavy (non-hydrogen) atoms. The van der Waals surface area contributed by atoms with E-state index < -0.39 is 61.4 Å².